The number of benzene rings is 3. The van der Waals surface area contributed by atoms with Crippen molar-refractivity contribution in [2.24, 2.45) is 0 Å². The summed E-state index contributed by atoms with van der Waals surface area (Å²) >= 11 is 0. The van der Waals surface area contributed by atoms with Crippen molar-refractivity contribution in [3.8, 4) is 35.2 Å². The Labute approximate surface area is 211 Å². The fraction of sp³-hybridized carbons (Fsp3) is 0.267. The van der Waals surface area contributed by atoms with Crippen LogP contribution in [0.25, 0.3) is 0 Å². The first kappa shape index (κ1) is 23.9. The van der Waals surface area contributed by atoms with Crippen molar-refractivity contribution < 1.29 is 28.4 Å². The van der Waals surface area contributed by atoms with Gasteiger partial charge in [-0.3, -0.25) is 0 Å². The van der Waals surface area contributed by atoms with Crippen LogP contribution < -0.4 is 9.47 Å². The Bertz CT molecular complexity index is 1140. The van der Waals surface area contributed by atoms with Gasteiger partial charge in [-0.05, 0) is 72.8 Å². The maximum absolute atomic E-state index is 5.55. The van der Waals surface area contributed by atoms with Gasteiger partial charge in [-0.2, -0.15) is 0 Å². The first-order valence-corrected chi connectivity index (χ1v) is 11.8. The fourth-order valence-electron chi connectivity index (χ4n) is 3.10. The highest BCUT2D eigenvalue weighted by Crippen LogP contribution is 2.14. The molecule has 0 spiro atoms. The quantitative estimate of drug-likeness (QED) is 0.189. The van der Waals surface area contributed by atoms with Crippen LogP contribution in [0, 0.1) is 23.7 Å². The van der Waals surface area contributed by atoms with Gasteiger partial charge < -0.3 is 28.4 Å². The SMILES string of the molecule is C(#Cc1ccc(OCOCC2CO2)cc1)c1ccc(C#Cc2ccc(OCOCC3CO3)cc2)cc1. The minimum absolute atomic E-state index is 0.214. The monoisotopic (exact) mass is 482 g/mol. The lowest BCUT2D eigenvalue weighted by Gasteiger charge is -2.06. The van der Waals surface area contributed by atoms with E-state index in [0.29, 0.717) is 13.2 Å². The van der Waals surface area contributed by atoms with E-state index < -0.39 is 0 Å². The van der Waals surface area contributed by atoms with Crippen molar-refractivity contribution in [1.82, 2.24) is 0 Å². The van der Waals surface area contributed by atoms with E-state index in [4.69, 9.17) is 28.4 Å². The summed E-state index contributed by atoms with van der Waals surface area (Å²) in [4.78, 5) is 0. The number of rotatable bonds is 10. The summed E-state index contributed by atoms with van der Waals surface area (Å²) in [6, 6.07) is 23.1. The topological polar surface area (TPSA) is 62.0 Å². The molecule has 2 heterocycles. The van der Waals surface area contributed by atoms with Gasteiger partial charge >= 0.3 is 0 Å². The van der Waals surface area contributed by atoms with Crippen LogP contribution in [0.1, 0.15) is 22.3 Å². The average Bonchev–Trinajstić information content (AvgIpc) is 3.85. The zero-order chi connectivity index (χ0) is 24.4. The van der Waals surface area contributed by atoms with E-state index >= 15 is 0 Å². The van der Waals surface area contributed by atoms with E-state index in [1.165, 1.54) is 0 Å². The number of ether oxygens (including phenoxy) is 6. The Morgan fingerprint density at radius 3 is 1.14 bits per heavy atom. The van der Waals surface area contributed by atoms with Gasteiger partial charge in [0, 0.05) is 22.3 Å². The molecule has 2 saturated heterocycles. The number of epoxide rings is 2. The number of hydrogen-bond donors (Lipinski definition) is 0. The summed E-state index contributed by atoms with van der Waals surface area (Å²) in [6.07, 6.45) is 0.480. The van der Waals surface area contributed by atoms with Crippen LogP contribution in [0.2, 0.25) is 0 Å². The molecular formula is C30H26O6. The molecule has 2 aliphatic heterocycles. The lowest BCUT2D eigenvalue weighted by molar-refractivity contribution is 0.00809. The fourth-order valence-corrected chi connectivity index (χ4v) is 3.10. The molecule has 0 radical (unpaired) electrons. The molecule has 6 heteroatoms. The molecule has 2 atom stereocenters. The molecule has 36 heavy (non-hydrogen) atoms. The molecule has 0 aliphatic carbocycles. The first-order valence-electron chi connectivity index (χ1n) is 11.8. The summed E-state index contributed by atoms with van der Waals surface area (Å²) in [5.41, 5.74) is 3.67. The molecule has 0 N–H and O–H groups in total. The highest BCUT2D eigenvalue weighted by atomic mass is 16.7. The second-order valence-corrected chi connectivity index (χ2v) is 8.30. The smallest absolute Gasteiger partial charge is 0.189 e. The Hall–Kier alpha value is -3.78. The average molecular weight is 483 g/mol. The molecule has 2 unspecified atom stereocenters. The Balaban J connectivity index is 1.07. The maximum atomic E-state index is 5.55. The maximum Gasteiger partial charge on any atom is 0.189 e. The third-order valence-corrected chi connectivity index (χ3v) is 5.33. The number of hydrogen-bond acceptors (Lipinski definition) is 6. The van der Waals surface area contributed by atoms with Crippen molar-refractivity contribution in [2.45, 2.75) is 12.2 Å². The second-order valence-electron chi connectivity index (χ2n) is 8.30. The van der Waals surface area contributed by atoms with Crippen molar-refractivity contribution in [1.29, 1.82) is 0 Å². The Kier molecular flexibility index (Phi) is 8.15. The molecule has 0 aromatic heterocycles. The van der Waals surface area contributed by atoms with E-state index in [1.807, 2.05) is 72.8 Å². The van der Waals surface area contributed by atoms with Crippen molar-refractivity contribution in [2.75, 3.05) is 40.0 Å². The van der Waals surface area contributed by atoms with Crippen LogP contribution in [-0.2, 0) is 18.9 Å². The molecule has 5 rings (SSSR count). The predicted molar refractivity (Wildman–Crippen MR) is 134 cm³/mol. The van der Waals surface area contributed by atoms with Gasteiger partial charge in [0.2, 0.25) is 0 Å². The van der Waals surface area contributed by atoms with Crippen molar-refractivity contribution in [3.63, 3.8) is 0 Å². The van der Waals surface area contributed by atoms with Crippen molar-refractivity contribution in [3.05, 3.63) is 95.1 Å². The molecular weight excluding hydrogens is 456 g/mol. The van der Waals surface area contributed by atoms with Gasteiger partial charge in [0.05, 0.1) is 26.4 Å². The van der Waals surface area contributed by atoms with Crippen LogP contribution in [-0.4, -0.2) is 52.2 Å². The third-order valence-electron chi connectivity index (χ3n) is 5.33. The molecule has 0 saturated carbocycles. The molecule has 2 fully saturated rings. The van der Waals surface area contributed by atoms with Gasteiger partial charge in [-0.15, -0.1) is 0 Å². The molecule has 3 aromatic carbocycles. The van der Waals surface area contributed by atoms with Crippen molar-refractivity contribution >= 4 is 0 Å². The summed E-state index contributed by atoms with van der Waals surface area (Å²) in [5.74, 6) is 14.2. The molecule has 2 aliphatic rings. The van der Waals surface area contributed by atoms with Gasteiger partial charge in [-0.1, -0.05) is 23.7 Å². The zero-order valence-electron chi connectivity index (χ0n) is 19.8. The van der Waals surface area contributed by atoms with Gasteiger partial charge in [0.25, 0.3) is 0 Å². The van der Waals surface area contributed by atoms with Crippen LogP contribution in [0.15, 0.2) is 72.8 Å². The lowest BCUT2D eigenvalue weighted by atomic mass is 10.1. The summed E-state index contributed by atoms with van der Waals surface area (Å²) in [6.45, 7) is 3.14. The predicted octanol–water partition coefficient (Wildman–Crippen LogP) is 3.99. The van der Waals surface area contributed by atoms with E-state index in [1.54, 1.807) is 0 Å². The third kappa shape index (κ3) is 8.16. The minimum atomic E-state index is 0.214. The van der Waals surface area contributed by atoms with Gasteiger partial charge in [0.1, 0.15) is 23.7 Å². The van der Waals surface area contributed by atoms with E-state index in [0.717, 1.165) is 47.0 Å². The molecule has 0 amide bonds. The highest BCUT2D eigenvalue weighted by Gasteiger charge is 2.22. The molecule has 3 aromatic rings. The molecule has 6 nitrogen and oxygen atoms in total. The summed E-state index contributed by atoms with van der Waals surface area (Å²) in [7, 11) is 0. The van der Waals surface area contributed by atoms with E-state index in [2.05, 4.69) is 23.7 Å². The molecule has 182 valence electrons. The van der Waals surface area contributed by atoms with Crippen LogP contribution in [0.3, 0.4) is 0 Å². The first-order chi connectivity index (χ1) is 17.8. The normalized spacial score (nSPS) is 17.2. The van der Waals surface area contributed by atoms with E-state index in [-0.39, 0.29) is 25.8 Å². The summed E-state index contributed by atoms with van der Waals surface area (Å²) < 4.78 is 32.0. The van der Waals surface area contributed by atoms with Gasteiger partial charge in [0.15, 0.2) is 13.6 Å². The Morgan fingerprint density at radius 2 is 0.833 bits per heavy atom. The van der Waals surface area contributed by atoms with Crippen LogP contribution >= 0.6 is 0 Å². The lowest BCUT2D eigenvalue weighted by Crippen LogP contribution is -2.07. The second kappa shape index (κ2) is 12.3. The van der Waals surface area contributed by atoms with Crippen LogP contribution in [0.5, 0.6) is 11.5 Å². The largest absolute Gasteiger partial charge is 0.468 e. The summed E-state index contributed by atoms with van der Waals surface area (Å²) in [5, 5.41) is 0. The van der Waals surface area contributed by atoms with Gasteiger partial charge in [-0.25, -0.2) is 0 Å². The zero-order valence-corrected chi connectivity index (χ0v) is 19.8. The minimum Gasteiger partial charge on any atom is -0.468 e. The standard InChI is InChI=1S/C30H26O6/c1-2-24(6-8-26-11-15-28(16-12-26)36-22-32-18-30-20-34-30)4-3-23(1)5-7-25-9-13-27(14-10-25)35-21-31-17-29-19-33-29/h1-4,9-16,29-30H,17-22H2. The molecule has 0 bridgehead atoms. The van der Waals surface area contributed by atoms with Crippen LogP contribution in [0.4, 0.5) is 0 Å². The Morgan fingerprint density at radius 1 is 0.528 bits per heavy atom. The highest BCUT2D eigenvalue weighted by molar-refractivity contribution is 5.48. The van der Waals surface area contributed by atoms with E-state index in [9.17, 15) is 0 Å².